The fourth-order valence-electron chi connectivity index (χ4n) is 5.78. The lowest BCUT2D eigenvalue weighted by Crippen LogP contribution is -2.53. The molecule has 0 spiro atoms. The van der Waals surface area contributed by atoms with E-state index in [0.717, 1.165) is 45.5 Å². The topological polar surface area (TPSA) is 129 Å². The number of fused-ring (bicyclic) bond motifs is 1. The van der Waals surface area contributed by atoms with Gasteiger partial charge in [-0.1, -0.05) is 31.2 Å². The van der Waals surface area contributed by atoms with Gasteiger partial charge in [-0.05, 0) is 49.1 Å². The molecule has 2 amide bonds. The third-order valence-electron chi connectivity index (χ3n) is 8.50. The third kappa shape index (κ3) is 5.74. The molecule has 2 heterocycles. The highest BCUT2D eigenvalue weighted by molar-refractivity contribution is 7.92. The maximum atomic E-state index is 13.3. The standard InChI is InChI=1S/C26H38N4O6S/c1-18-21(20-6-4-19(5-7-20)16-29-12-14-36-15-13-29)8-9-22-23(18)27-17-30(24(22)31)11-10-26(2,25(32)28-33)37(3,34)35/h4-7,17-18,21-23,33H,8-16H2,1-3H3,(H,28,32). The molecule has 2 N–H and O–H groups in total. The van der Waals surface area contributed by atoms with E-state index < -0.39 is 20.5 Å². The van der Waals surface area contributed by atoms with Crippen LogP contribution < -0.4 is 5.48 Å². The van der Waals surface area contributed by atoms with Crippen LogP contribution in [0.2, 0.25) is 0 Å². The van der Waals surface area contributed by atoms with Crippen LogP contribution in [0.3, 0.4) is 0 Å². The monoisotopic (exact) mass is 534 g/mol. The fourth-order valence-corrected chi connectivity index (χ4v) is 6.62. The molecule has 0 bridgehead atoms. The van der Waals surface area contributed by atoms with Crippen LogP contribution in [0, 0.1) is 11.8 Å². The van der Waals surface area contributed by atoms with Crippen LogP contribution in [0.15, 0.2) is 29.3 Å². The third-order valence-corrected chi connectivity index (χ3v) is 10.5. The summed E-state index contributed by atoms with van der Waals surface area (Å²) in [6.45, 7) is 7.81. The van der Waals surface area contributed by atoms with Gasteiger partial charge in [0.2, 0.25) is 5.91 Å². The molecule has 2 fully saturated rings. The van der Waals surface area contributed by atoms with Gasteiger partial charge in [0.25, 0.3) is 5.91 Å². The van der Waals surface area contributed by atoms with Crippen molar-refractivity contribution in [3.05, 3.63) is 35.4 Å². The number of hydrogen-bond donors (Lipinski definition) is 2. The van der Waals surface area contributed by atoms with Crippen LogP contribution >= 0.6 is 0 Å². The molecule has 4 rings (SSSR count). The van der Waals surface area contributed by atoms with Gasteiger partial charge >= 0.3 is 0 Å². The predicted octanol–water partition coefficient (Wildman–Crippen LogP) is 1.59. The Morgan fingerprint density at radius 2 is 1.84 bits per heavy atom. The number of aliphatic imine (C=N–C) groups is 1. The normalized spacial score (nSPS) is 28.4. The van der Waals surface area contributed by atoms with Gasteiger partial charge in [-0.2, -0.15) is 0 Å². The summed E-state index contributed by atoms with van der Waals surface area (Å²) in [5.74, 6) is -0.900. The van der Waals surface area contributed by atoms with Crippen molar-refractivity contribution in [1.29, 1.82) is 0 Å². The Bertz CT molecular complexity index is 1120. The number of nitrogens with zero attached hydrogens (tertiary/aromatic N) is 3. The number of carbonyl (C=O) groups is 2. The van der Waals surface area contributed by atoms with Crippen LogP contribution in [-0.4, -0.2) is 91.5 Å². The molecule has 5 unspecified atom stereocenters. The van der Waals surface area contributed by atoms with Crippen molar-refractivity contribution in [2.24, 2.45) is 16.8 Å². The highest BCUT2D eigenvalue weighted by Gasteiger charge is 2.47. The highest BCUT2D eigenvalue weighted by atomic mass is 32.2. The van der Waals surface area contributed by atoms with Crippen LogP contribution in [0.5, 0.6) is 0 Å². The summed E-state index contributed by atoms with van der Waals surface area (Å²) in [7, 11) is -3.84. The molecule has 204 valence electrons. The summed E-state index contributed by atoms with van der Waals surface area (Å²) in [5.41, 5.74) is 3.99. The number of morpholine rings is 1. The summed E-state index contributed by atoms with van der Waals surface area (Å²) in [5, 5.41) is 9.04. The Kier molecular flexibility index (Phi) is 8.37. The number of amides is 2. The van der Waals surface area contributed by atoms with Gasteiger partial charge in [0.05, 0.1) is 31.5 Å². The van der Waals surface area contributed by atoms with E-state index in [0.29, 0.717) is 12.3 Å². The predicted molar refractivity (Wildman–Crippen MR) is 139 cm³/mol. The summed E-state index contributed by atoms with van der Waals surface area (Å²) in [4.78, 5) is 34.0. The van der Waals surface area contributed by atoms with Crippen LogP contribution in [0.1, 0.15) is 50.2 Å². The number of ether oxygens (including phenoxy) is 1. The molecule has 11 heteroatoms. The van der Waals surface area contributed by atoms with E-state index >= 15 is 0 Å². The second kappa shape index (κ2) is 11.2. The molecule has 0 radical (unpaired) electrons. The van der Waals surface area contributed by atoms with Crippen molar-refractivity contribution >= 4 is 28.0 Å². The molecular formula is C26H38N4O6S. The largest absolute Gasteiger partial charge is 0.379 e. The molecular weight excluding hydrogens is 496 g/mol. The smallest absolute Gasteiger partial charge is 0.264 e. The fraction of sp³-hybridized carbons (Fsp3) is 0.654. The number of carbonyl (C=O) groups excluding carboxylic acids is 2. The van der Waals surface area contributed by atoms with Crippen molar-refractivity contribution in [3.8, 4) is 0 Å². The molecule has 1 aromatic carbocycles. The Hall–Kier alpha value is -2.34. The van der Waals surface area contributed by atoms with Crippen molar-refractivity contribution in [1.82, 2.24) is 15.3 Å². The first-order chi connectivity index (χ1) is 17.5. The van der Waals surface area contributed by atoms with Gasteiger partial charge < -0.3 is 9.64 Å². The maximum Gasteiger partial charge on any atom is 0.264 e. The number of hydroxylamine groups is 1. The molecule has 2 aliphatic heterocycles. The van der Waals surface area contributed by atoms with Gasteiger partial charge in [-0.15, -0.1) is 0 Å². The first kappa shape index (κ1) is 27.7. The molecule has 37 heavy (non-hydrogen) atoms. The Morgan fingerprint density at radius 3 is 2.46 bits per heavy atom. The summed E-state index contributed by atoms with van der Waals surface area (Å²) in [6.07, 6.45) is 3.86. The van der Waals surface area contributed by atoms with E-state index in [1.54, 1.807) is 0 Å². The Balaban J connectivity index is 1.41. The van der Waals surface area contributed by atoms with Gasteiger partial charge in [0.15, 0.2) is 14.6 Å². The van der Waals surface area contributed by atoms with Crippen molar-refractivity contribution in [2.45, 2.75) is 56.4 Å². The van der Waals surface area contributed by atoms with E-state index in [-0.39, 0.29) is 36.8 Å². The summed E-state index contributed by atoms with van der Waals surface area (Å²) in [6, 6.07) is 8.66. The van der Waals surface area contributed by atoms with Crippen LogP contribution in [0.25, 0.3) is 0 Å². The van der Waals surface area contributed by atoms with Gasteiger partial charge in [0.1, 0.15) is 0 Å². The Labute approximate surface area is 218 Å². The Morgan fingerprint density at radius 1 is 1.19 bits per heavy atom. The molecule has 5 atom stereocenters. The van der Waals surface area contributed by atoms with Crippen molar-refractivity contribution in [2.75, 3.05) is 39.1 Å². The average Bonchev–Trinajstić information content (AvgIpc) is 2.88. The van der Waals surface area contributed by atoms with E-state index in [2.05, 4.69) is 36.1 Å². The van der Waals surface area contributed by atoms with E-state index in [9.17, 15) is 18.0 Å². The molecule has 1 saturated heterocycles. The molecule has 1 aromatic rings. The summed E-state index contributed by atoms with van der Waals surface area (Å²) >= 11 is 0. The molecule has 0 aromatic heterocycles. The first-order valence-corrected chi connectivity index (χ1v) is 14.8. The zero-order valence-electron chi connectivity index (χ0n) is 21.8. The van der Waals surface area contributed by atoms with Gasteiger partial charge in [-0.3, -0.25) is 24.7 Å². The van der Waals surface area contributed by atoms with E-state index in [4.69, 9.17) is 14.9 Å². The average molecular weight is 535 g/mol. The number of nitrogens with one attached hydrogen (secondary N) is 1. The second-order valence-corrected chi connectivity index (χ2v) is 13.2. The number of benzene rings is 1. The minimum absolute atomic E-state index is 0.0188. The zero-order chi connectivity index (χ0) is 26.8. The number of hydrogen-bond acceptors (Lipinski definition) is 8. The van der Waals surface area contributed by atoms with Gasteiger partial charge in [0, 0.05) is 32.4 Å². The lowest BCUT2D eigenvalue weighted by molar-refractivity contribution is -0.136. The van der Waals surface area contributed by atoms with E-state index in [1.807, 2.05) is 0 Å². The molecule has 10 nitrogen and oxygen atoms in total. The van der Waals surface area contributed by atoms with Crippen LogP contribution in [-0.2, 0) is 30.7 Å². The lowest BCUT2D eigenvalue weighted by atomic mass is 9.68. The lowest BCUT2D eigenvalue weighted by Gasteiger charge is -2.43. The molecule has 3 aliphatic rings. The van der Waals surface area contributed by atoms with Crippen molar-refractivity contribution < 1.29 is 28.0 Å². The van der Waals surface area contributed by atoms with Gasteiger partial charge in [-0.25, -0.2) is 13.9 Å². The number of sulfone groups is 1. The summed E-state index contributed by atoms with van der Waals surface area (Å²) < 4.78 is 28.1. The molecule has 1 saturated carbocycles. The zero-order valence-corrected chi connectivity index (χ0v) is 22.6. The minimum atomic E-state index is -3.84. The highest BCUT2D eigenvalue weighted by Crippen LogP contribution is 2.43. The SMILES string of the molecule is CC1C(c2ccc(CN3CCOCC3)cc2)CCC2C(=O)N(CCC(C)(C(=O)NO)S(C)(=O)=O)C=NC21. The maximum absolute atomic E-state index is 13.3. The van der Waals surface area contributed by atoms with Crippen LogP contribution in [0.4, 0.5) is 0 Å². The first-order valence-electron chi connectivity index (χ1n) is 12.9. The minimum Gasteiger partial charge on any atom is -0.379 e. The van der Waals surface area contributed by atoms with E-state index in [1.165, 1.54) is 34.8 Å². The number of rotatable bonds is 8. The molecule has 1 aliphatic carbocycles. The van der Waals surface area contributed by atoms with Crippen molar-refractivity contribution in [3.63, 3.8) is 0 Å². The second-order valence-electron chi connectivity index (χ2n) is 10.8. The quantitative estimate of drug-likeness (QED) is 0.383.